The standard InChI is InChI=1S/C23H30BN3O3/c1-13(2)26-15-8-9-16-18(12-15)27-21-14(11-19(25)28)7-10-17(20(16)21)24-29-22(3,4)23(5,6)30-24/h7-10,12-13,26-27H,11H2,1-6H3,(H2,25,28). The Bertz CT molecular complexity index is 1120. The van der Waals surface area contributed by atoms with Crippen molar-refractivity contribution in [3.63, 3.8) is 0 Å². The minimum absolute atomic E-state index is 0.171. The molecule has 0 atom stereocenters. The molecule has 0 aliphatic carbocycles. The number of nitrogens with one attached hydrogen (secondary N) is 2. The van der Waals surface area contributed by atoms with E-state index in [9.17, 15) is 4.79 Å². The van der Waals surface area contributed by atoms with Gasteiger partial charge in [-0.25, -0.2) is 0 Å². The molecular formula is C23H30BN3O3. The van der Waals surface area contributed by atoms with Crippen LogP contribution < -0.4 is 16.5 Å². The van der Waals surface area contributed by atoms with Gasteiger partial charge in [0.05, 0.1) is 17.6 Å². The molecule has 0 bridgehead atoms. The number of nitrogens with two attached hydrogens (primary N) is 1. The van der Waals surface area contributed by atoms with Crippen LogP contribution in [-0.4, -0.2) is 35.3 Å². The number of primary amides is 1. The zero-order valence-corrected chi connectivity index (χ0v) is 18.6. The Balaban J connectivity index is 1.92. The highest BCUT2D eigenvalue weighted by Gasteiger charge is 2.52. The molecule has 6 nitrogen and oxygen atoms in total. The maximum absolute atomic E-state index is 11.7. The first-order valence-corrected chi connectivity index (χ1v) is 10.5. The van der Waals surface area contributed by atoms with Gasteiger partial charge in [0.1, 0.15) is 0 Å². The number of hydrogen-bond donors (Lipinski definition) is 3. The van der Waals surface area contributed by atoms with Crippen LogP contribution in [0.2, 0.25) is 0 Å². The van der Waals surface area contributed by atoms with Crippen LogP contribution in [0.1, 0.15) is 47.1 Å². The van der Waals surface area contributed by atoms with Gasteiger partial charge in [0.25, 0.3) is 0 Å². The second kappa shape index (κ2) is 7.03. The number of fused-ring (bicyclic) bond motifs is 3. The van der Waals surface area contributed by atoms with Crippen LogP contribution in [0.4, 0.5) is 5.69 Å². The van der Waals surface area contributed by atoms with E-state index in [1.165, 1.54) is 0 Å². The van der Waals surface area contributed by atoms with Crippen LogP contribution in [0.25, 0.3) is 21.8 Å². The van der Waals surface area contributed by atoms with Crippen molar-refractivity contribution in [2.24, 2.45) is 5.73 Å². The molecule has 0 radical (unpaired) electrons. The fourth-order valence-electron chi connectivity index (χ4n) is 4.02. The first-order chi connectivity index (χ1) is 14.0. The number of aromatic amines is 1. The number of anilines is 1. The molecule has 0 spiro atoms. The number of amides is 1. The van der Waals surface area contributed by atoms with Crippen molar-refractivity contribution in [3.8, 4) is 0 Å². The van der Waals surface area contributed by atoms with E-state index in [4.69, 9.17) is 15.0 Å². The lowest BCUT2D eigenvalue weighted by atomic mass is 9.75. The fraction of sp³-hybridized carbons (Fsp3) is 0.435. The van der Waals surface area contributed by atoms with Crippen molar-refractivity contribution in [2.75, 3.05) is 5.32 Å². The predicted molar refractivity (Wildman–Crippen MR) is 123 cm³/mol. The predicted octanol–water partition coefficient (Wildman–Crippen LogP) is 3.47. The second-order valence-corrected chi connectivity index (χ2v) is 9.48. The second-order valence-electron chi connectivity index (χ2n) is 9.48. The van der Waals surface area contributed by atoms with Gasteiger partial charge in [-0.05, 0) is 64.7 Å². The van der Waals surface area contributed by atoms with E-state index < -0.39 is 18.3 Å². The summed E-state index contributed by atoms with van der Waals surface area (Å²) in [5, 5.41) is 5.51. The number of H-pyrrole nitrogens is 1. The van der Waals surface area contributed by atoms with Crippen LogP contribution in [0.3, 0.4) is 0 Å². The first-order valence-electron chi connectivity index (χ1n) is 10.5. The maximum Gasteiger partial charge on any atom is 0.495 e. The molecular weight excluding hydrogens is 377 g/mol. The SMILES string of the molecule is CC(C)Nc1ccc2c(c1)[nH]c1c(CC(N)=O)ccc(B3OC(C)(C)C(C)(C)O3)c12. The van der Waals surface area contributed by atoms with Crippen molar-refractivity contribution in [1.82, 2.24) is 4.98 Å². The van der Waals surface area contributed by atoms with Crippen molar-refractivity contribution in [1.29, 1.82) is 0 Å². The number of benzene rings is 2. The molecule has 1 aromatic heterocycles. The van der Waals surface area contributed by atoms with Crippen molar-refractivity contribution < 1.29 is 14.1 Å². The van der Waals surface area contributed by atoms with Gasteiger partial charge in [-0.1, -0.05) is 18.2 Å². The van der Waals surface area contributed by atoms with Crippen LogP contribution in [0, 0.1) is 0 Å². The van der Waals surface area contributed by atoms with Crippen molar-refractivity contribution in [3.05, 3.63) is 35.9 Å². The molecule has 7 heteroatoms. The summed E-state index contributed by atoms with van der Waals surface area (Å²) >= 11 is 0. The number of rotatable bonds is 5. The summed E-state index contributed by atoms with van der Waals surface area (Å²) in [5.74, 6) is -0.361. The highest BCUT2D eigenvalue weighted by atomic mass is 16.7. The monoisotopic (exact) mass is 407 g/mol. The fourth-order valence-corrected chi connectivity index (χ4v) is 4.02. The van der Waals surface area contributed by atoms with Gasteiger partial charge in [-0.15, -0.1) is 0 Å². The van der Waals surface area contributed by atoms with E-state index in [-0.39, 0.29) is 12.3 Å². The molecule has 1 saturated heterocycles. The summed E-state index contributed by atoms with van der Waals surface area (Å²) in [6.07, 6.45) is 0.171. The summed E-state index contributed by atoms with van der Waals surface area (Å²) in [5.41, 5.74) is 9.39. The van der Waals surface area contributed by atoms with Gasteiger partial charge >= 0.3 is 7.12 Å². The van der Waals surface area contributed by atoms with Gasteiger partial charge in [0.15, 0.2) is 0 Å². The Hall–Kier alpha value is -2.51. The van der Waals surface area contributed by atoms with Crippen molar-refractivity contribution >= 4 is 46.0 Å². The van der Waals surface area contributed by atoms with E-state index >= 15 is 0 Å². The Labute approximate surface area is 177 Å². The average Bonchev–Trinajstić information content (AvgIpc) is 3.08. The molecule has 4 N–H and O–H groups in total. The van der Waals surface area contributed by atoms with Crippen LogP contribution in [0.15, 0.2) is 30.3 Å². The molecule has 1 fully saturated rings. The highest BCUT2D eigenvalue weighted by molar-refractivity contribution is 6.66. The summed E-state index contributed by atoms with van der Waals surface area (Å²) in [7, 11) is -0.493. The van der Waals surface area contributed by atoms with Gasteiger partial charge < -0.3 is 25.3 Å². The third-order valence-corrected chi connectivity index (χ3v) is 6.20. The van der Waals surface area contributed by atoms with E-state index in [0.717, 1.165) is 38.5 Å². The quantitative estimate of drug-likeness (QED) is 0.565. The lowest BCUT2D eigenvalue weighted by molar-refractivity contribution is -0.117. The van der Waals surface area contributed by atoms with Crippen LogP contribution in [0.5, 0.6) is 0 Å². The highest BCUT2D eigenvalue weighted by Crippen LogP contribution is 2.38. The zero-order valence-electron chi connectivity index (χ0n) is 18.6. The number of carbonyl (C=O) groups excluding carboxylic acids is 1. The minimum Gasteiger partial charge on any atom is -0.399 e. The molecule has 158 valence electrons. The van der Waals surface area contributed by atoms with Gasteiger partial charge in [0.2, 0.25) is 5.91 Å². The van der Waals surface area contributed by atoms with Gasteiger partial charge in [0, 0.05) is 33.5 Å². The summed E-state index contributed by atoms with van der Waals surface area (Å²) < 4.78 is 12.7. The minimum atomic E-state index is -0.493. The summed E-state index contributed by atoms with van der Waals surface area (Å²) in [6.45, 7) is 12.4. The van der Waals surface area contributed by atoms with E-state index in [1.54, 1.807) is 0 Å². The lowest BCUT2D eigenvalue weighted by Crippen LogP contribution is -2.41. The molecule has 2 heterocycles. The van der Waals surface area contributed by atoms with E-state index in [0.29, 0.717) is 6.04 Å². The maximum atomic E-state index is 11.7. The number of aromatic nitrogens is 1. The average molecular weight is 407 g/mol. The largest absolute Gasteiger partial charge is 0.495 e. The number of carbonyl (C=O) groups is 1. The molecule has 1 aliphatic heterocycles. The summed E-state index contributed by atoms with van der Waals surface area (Å²) in [6, 6.07) is 10.5. The van der Waals surface area contributed by atoms with Crippen LogP contribution >= 0.6 is 0 Å². The molecule has 1 aliphatic rings. The third kappa shape index (κ3) is 3.46. The normalized spacial score (nSPS) is 17.9. The van der Waals surface area contributed by atoms with Gasteiger partial charge in [-0.3, -0.25) is 4.79 Å². The Morgan fingerprint density at radius 1 is 1.13 bits per heavy atom. The third-order valence-electron chi connectivity index (χ3n) is 6.20. The molecule has 4 rings (SSSR count). The summed E-state index contributed by atoms with van der Waals surface area (Å²) in [4.78, 5) is 15.2. The Kier molecular flexibility index (Phi) is 4.86. The van der Waals surface area contributed by atoms with Crippen LogP contribution in [-0.2, 0) is 20.5 Å². The molecule has 0 saturated carbocycles. The molecule has 2 aromatic carbocycles. The molecule has 3 aromatic rings. The zero-order chi connectivity index (χ0) is 21.8. The topological polar surface area (TPSA) is 89.4 Å². The lowest BCUT2D eigenvalue weighted by Gasteiger charge is -2.32. The van der Waals surface area contributed by atoms with E-state index in [1.807, 2.05) is 39.8 Å². The Morgan fingerprint density at radius 2 is 1.80 bits per heavy atom. The van der Waals surface area contributed by atoms with E-state index in [2.05, 4.69) is 42.3 Å². The number of hydrogen-bond acceptors (Lipinski definition) is 4. The van der Waals surface area contributed by atoms with Gasteiger partial charge in [-0.2, -0.15) is 0 Å². The molecule has 0 unspecified atom stereocenters. The molecule has 30 heavy (non-hydrogen) atoms. The Morgan fingerprint density at radius 3 is 2.40 bits per heavy atom. The smallest absolute Gasteiger partial charge is 0.399 e. The molecule has 1 amide bonds. The first kappa shape index (κ1) is 20.8. The van der Waals surface area contributed by atoms with Crippen molar-refractivity contribution in [2.45, 2.75) is 65.2 Å².